The van der Waals surface area contributed by atoms with Gasteiger partial charge in [-0.25, -0.2) is 14.1 Å². The standard InChI is InChI=1S/C33H37N2O4/c1-23-19-27(24-11-13-25(14-12-24)33(37)38-2)21-28-20-26(7-6-10-31(23)28)32(36)35(22-34,29-8-4-3-5-9-29)30-15-17-39-18-16-30/h3-5,8-9,11-14,19-21,30H,6-7,10,15-18,22,34H2,1-2H3/q+1. The molecular weight excluding hydrogens is 488 g/mol. The number of ether oxygens (including phenoxy) is 2. The third-order valence-electron chi connectivity index (χ3n) is 8.31. The first-order valence-electron chi connectivity index (χ1n) is 13.8. The van der Waals surface area contributed by atoms with Gasteiger partial charge in [0.1, 0.15) is 18.4 Å². The highest BCUT2D eigenvalue weighted by molar-refractivity contribution is 6.05. The lowest BCUT2D eigenvalue weighted by Crippen LogP contribution is -2.65. The fourth-order valence-electron chi connectivity index (χ4n) is 6.19. The van der Waals surface area contributed by atoms with Crippen molar-refractivity contribution in [3.05, 3.63) is 94.6 Å². The summed E-state index contributed by atoms with van der Waals surface area (Å²) in [5, 5.41) is 0. The Bertz CT molecular complexity index is 1370. The number of nitrogens with zero attached hydrogens (tertiary/aromatic N) is 1. The Labute approximate surface area is 230 Å². The molecule has 6 nitrogen and oxygen atoms in total. The maximum absolute atomic E-state index is 14.6. The Morgan fingerprint density at radius 2 is 1.69 bits per heavy atom. The highest BCUT2D eigenvalue weighted by Gasteiger charge is 2.47. The van der Waals surface area contributed by atoms with Crippen LogP contribution in [0.25, 0.3) is 17.2 Å². The van der Waals surface area contributed by atoms with Crippen LogP contribution in [0, 0.1) is 6.92 Å². The Balaban J connectivity index is 1.57. The van der Waals surface area contributed by atoms with Crippen LogP contribution in [0.3, 0.4) is 0 Å². The molecule has 1 heterocycles. The van der Waals surface area contributed by atoms with Gasteiger partial charge in [-0.1, -0.05) is 36.4 Å². The molecule has 1 amide bonds. The molecule has 0 bridgehead atoms. The fraction of sp³-hybridized carbons (Fsp3) is 0.333. The number of hydrogen-bond donors (Lipinski definition) is 1. The van der Waals surface area contributed by atoms with Crippen molar-refractivity contribution in [2.75, 3.05) is 27.0 Å². The van der Waals surface area contributed by atoms with Gasteiger partial charge in [0.05, 0.1) is 31.5 Å². The second-order valence-electron chi connectivity index (χ2n) is 10.5. The molecule has 2 aliphatic rings. The van der Waals surface area contributed by atoms with Crippen LogP contribution < -0.4 is 10.2 Å². The van der Waals surface area contributed by atoms with Gasteiger partial charge < -0.3 is 9.47 Å². The van der Waals surface area contributed by atoms with E-state index in [1.807, 2.05) is 42.5 Å². The number of nitrogens with two attached hydrogens (primary N) is 1. The third-order valence-corrected chi connectivity index (χ3v) is 8.31. The van der Waals surface area contributed by atoms with E-state index in [1.54, 1.807) is 12.1 Å². The summed E-state index contributed by atoms with van der Waals surface area (Å²) in [6.45, 7) is 3.63. The number of quaternary nitrogens is 1. The van der Waals surface area contributed by atoms with Gasteiger partial charge in [-0.2, -0.15) is 0 Å². The first-order valence-corrected chi connectivity index (χ1v) is 13.8. The van der Waals surface area contributed by atoms with Crippen molar-refractivity contribution in [1.29, 1.82) is 0 Å². The van der Waals surface area contributed by atoms with Crippen LogP contribution in [0.1, 0.15) is 52.7 Å². The van der Waals surface area contributed by atoms with E-state index in [2.05, 4.69) is 25.1 Å². The van der Waals surface area contributed by atoms with Gasteiger partial charge in [-0.15, -0.1) is 0 Å². The van der Waals surface area contributed by atoms with E-state index in [1.165, 1.54) is 18.2 Å². The van der Waals surface area contributed by atoms with Crippen molar-refractivity contribution in [3.63, 3.8) is 0 Å². The quantitative estimate of drug-likeness (QED) is 0.250. The molecule has 6 heteroatoms. The van der Waals surface area contributed by atoms with E-state index in [-0.39, 0.29) is 29.1 Å². The van der Waals surface area contributed by atoms with Gasteiger partial charge in [0.2, 0.25) is 0 Å². The minimum atomic E-state index is -0.352. The van der Waals surface area contributed by atoms with Crippen molar-refractivity contribution >= 4 is 23.6 Å². The molecule has 3 aromatic carbocycles. The van der Waals surface area contributed by atoms with Gasteiger partial charge in [-0.3, -0.25) is 5.73 Å². The number of para-hydroxylation sites is 1. The maximum Gasteiger partial charge on any atom is 0.348 e. The summed E-state index contributed by atoms with van der Waals surface area (Å²) in [5.74, 6) is -0.260. The lowest BCUT2D eigenvalue weighted by atomic mass is 9.93. The third kappa shape index (κ3) is 5.20. The van der Waals surface area contributed by atoms with Gasteiger partial charge >= 0.3 is 11.9 Å². The average Bonchev–Trinajstić information content (AvgIpc) is 3.21. The molecule has 2 N–H and O–H groups in total. The van der Waals surface area contributed by atoms with Crippen molar-refractivity contribution in [2.24, 2.45) is 5.73 Å². The number of esters is 1. The average molecular weight is 526 g/mol. The van der Waals surface area contributed by atoms with E-state index in [9.17, 15) is 9.59 Å². The van der Waals surface area contributed by atoms with Crippen LogP contribution in [-0.4, -0.2) is 44.9 Å². The first-order chi connectivity index (χ1) is 19.0. The summed E-state index contributed by atoms with van der Waals surface area (Å²) >= 11 is 0. The molecule has 1 saturated heterocycles. The normalized spacial score (nSPS) is 17.4. The summed E-state index contributed by atoms with van der Waals surface area (Å²) in [4.78, 5) is 26.5. The summed E-state index contributed by atoms with van der Waals surface area (Å²) < 4.78 is 10.6. The Morgan fingerprint density at radius 3 is 2.36 bits per heavy atom. The summed E-state index contributed by atoms with van der Waals surface area (Å²) in [6.07, 6.45) is 6.24. The predicted octanol–water partition coefficient (Wildman–Crippen LogP) is 5.80. The summed E-state index contributed by atoms with van der Waals surface area (Å²) in [6, 6.07) is 21.9. The number of carbonyl (C=O) groups is 2. The highest BCUT2D eigenvalue weighted by atomic mass is 16.5. The van der Waals surface area contributed by atoms with Crippen LogP contribution in [0.4, 0.5) is 5.69 Å². The van der Waals surface area contributed by atoms with Crippen LogP contribution in [-0.2, 0) is 20.7 Å². The second kappa shape index (κ2) is 11.7. The van der Waals surface area contributed by atoms with Crippen molar-refractivity contribution in [1.82, 2.24) is 4.48 Å². The molecule has 0 spiro atoms. The summed E-state index contributed by atoms with van der Waals surface area (Å²) in [7, 11) is 1.38. The fourth-order valence-corrected chi connectivity index (χ4v) is 6.19. The van der Waals surface area contributed by atoms with Crippen molar-refractivity contribution in [3.8, 4) is 11.1 Å². The van der Waals surface area contributed by atoms with E-state index in [0.717, 1.165) is 53.6 Å². The molecule has 3 aromatic rings. The lowest BCUT2D eigenvalue weighted by molar-refractivity contribution is -0.130. The predicted molar refractivity (Wildman–Crippen MR) is 155 cm³/mol. The van der Waals surface area contributed by atoms with Gasteiger partial charge in [0.25, 0.3) is 0 Å². The molecular formula is C33H37N2O4+. The monoisotopic (exact) mass is 525 g/mol. The number of fused-ring (bicyclic) bond motifs is 1. The smallest absolute Gasteiger partial charge is 0.348 e. The van der Waals surface area contributed by atoms with Crippen LogP contribution in [0.2, 0.25) is 0 Å². The molecule has 39 heavy (non-hydrogen) atoms. The zero-order chi connectivity index (χ0) is 27.4. The molecule has 1 atom stereocenters. The molecule has 5 rings (SSSR count). The lowest BCUT2D eigenvalue weighted by Gasteiger charge is -2.42. The van der Waals surface area contributed by atoms with Crippen LogP contribution >= 0.6 is 0 Å². The van der Waals surface area contributed by atoms with E-state index in [0.29, 0.717) is 25.2 Å². The minimum Gasteiger partial charge on any atom is -0.465 e. The summed E-state index contributed by atoms with van der Waals surface area (Å²) in [5.41, 5.74) is 14.5. The topological polar surface area (TPSA) is 78.6 Å². The number of carbonyl (C=O) groups excluding carboxylic acids is 2. The SMILES string of the molecule is COC(=O)c1ccc(-c2cc(C)c3c(c2)C=C(C(=O)[N+](CN)(c2ccccc2)C2CCOCC2)CCC3)cc1. The number of amides is 1. The molecule has 1 aliphatic heterocycles. The highest BCUT2D eigenvalue weighted by Crippen LogP contribution is 2.37. The number of hydrogen-bond acceptors (Lipinski definition) is 5. The van der Waals surface area contributed by atoms with E-state index >= 15 is 0 Å². The zero-order valence-corrected chi connectivity index (χ0v) is 22.8. The zero-order valence-electron chi connectivity index (χ0n) is 22.8. The van der Waals surface area contributed by atoms with Crippen molar-refractivity contribution < 1.29 is 19.1 Å². The Kier molecular flexibility index (Phi) is 8.07. The molecule has 1 fully saturated rings. The minimum absolute atomic E-state index is 0.0728. The molecule has 0 aromatic heterocycles. The molecule has 0 radical (unpaired) electrons. The Morgan fingerprint density at radius 1 is 0.974 bits per heavy atom. The number of methoxy groups -OCH3 is 1. The second-order valence-corrected chi connectivity index (χ2v) is 10.5. The van der Waals surface area contributed by atoms with Crippen LogP contribution in [0.5, 0.6) is 0 Å². The molecule has 202 valence electrons. The molecule has 1 unspecified atom stereocenters. The largest absolute Gasteiger partial charge is 0.465 e. The Hall–Kier alpha value is -3.58. The van der Waals surface area contributed by atoms with E-state index < -0.39 is 0 Å². The van der Waals surface area contributed by atoms with Gasteiger partial charge in [0.15, 0.2) is 0 Å². The molecule has 1 aliphatic carbocycles. The number of benzene rings is 3. The van der Waals surface area contributed by atoms with E-state index in [4.69, 9.17) is 15.2 Å². The van der Waals surface area contributed by atoms with Crippen LogP contribution in [0.15, 0.2) is 72.3 Å². The molecule has 0 saturated carbocycles. The number of rotatable bonds is 6. The first kappa shape index (κ1) is 27.0. The van der Waals surface area contributed by atoms with Crippen molar-refractivity contribution in [2.45, 2.75) is 45.1 Å². The number of aryl methyl sites for hydroxylation is 1. The maximum atomic E-state index is 14.6. The van der Waals surface area contributed by atoms with Gasteiger partial charge in [0, 0.05) is 12.8 Å². The van der Waals surface area contributed by atoms with Gasteiger partial charge in [-0.05, 0) is 90.4 Å².